The molecule has 5 rings (SSSR count). The summed E-state index contributed by atoms with van der Waals surface area (Å²) in [5, 5.41) is 8.70. The molecule has 162 valence electrons. The third-order valence-electron chi connectivity index (χ3n) is 6.71. The molecule has 2 N–H and O–H groups in total. The number of benzene rings is 1. The highest BCUT2D eigenvalue weighted by Crippen LogP contribution is 2.20. The summed E-state index contributed by atoms with van der Waals surface area (Å²) in [4.78, 5) is 30.8. The molecule has 1 unspecified atom stereocenters. The summed E-state index contributed by atoms with van der Waals surface area (Å²) in [6, 6.07) is 9.75. The molecule has 1 atom stereocenters. The lowest BCUT2D eigenvalue weighted by Crippen LogP contribution is -2.48. The van der Waals surface area contributed by atoms with Gasteiger partial charge in [-0.05, 0) is 62.4 Å². The number of amides is 1. The lowest BCUT2D eigenvalue weighted by Gasteiger charge is -2.35. The predicted octanol–water partition coefficient (Wildman–Crippen LogP) is 2.50. The van der Waals surface area contributed by atoms with Crippen molar-refractivity contribution in [2.45, 2.75) is 51.1 Å². The van der Waals surface area contributed by atoms with Gasteiger partial charge >= 0.3 is 0 Å². The van der Waals surface area contributed by atoms with E-state index in [4.69, 9.17) is 0 Å². The average molecular weight is 420 g/mol. The topological polar surface area (TPSA) is 83.0 Å². The van der Waals surface area contributed by atoms with Crippen molar-refractivity contribution in [2.75, 3.05) is 19.6 Å². The minimum atomic E-state index is -0.0350. The molecule has 1 amide bonds. The molecule has 0 saturated carbocycles. The van der Waals surface area contributed by atoms with Crippen molar-refractivity contribution in [3.05, 3.63) is 63.7 Å². The first kappa shape index (κ1) is 20.0. The van der Waals surface area contributed by atoms with E-state index >= 15 is 0 Å². The lowest BCUT2D eigenvalue weighted by molar-refractivity contribution is 0.0910. The van der Waals surface area contributed by atoms with Gasteiger partial charge in [0.05, 0.1) is 12.2 Å². The average Bonchev–Trinajstić information content (AvgIpc) is 3.45. The van der Waals surface area contributed by atoms with Crippen molar-refractivity contribution in [3.63, 3.8) is 0 Å². The number of nitrogens with one attached hydrogen (secondary N) is 2. The van der Waals surface area contributed by atoms with Crippen LogP contribution in [0.2, 0.25) is 0 Å². The molecule has 0 spiro atoms. The van der Waals surface area contributed by atoms with Crippen LogP contribution in [0.3, 0.4) is 0 Å². The summed E-state index contributed by atoms with van der Waals surface area (Å²) in [6.07, 6.45) is 8.28. The second-order valence-electron chi connectivity index (χ2n) is 8.67. The van der Waals surface area contributed by atoms with E-state index < -0.39 is 0 Å². The van der Waals surface area contributed by atoms with Crippen LogP contribution in [0.4, 0.5) is 0 Å². The number of H-pyrrole nitrogens is 1. The Morgan fingerprint density at radius 3 is 3.03 bits per heavy atom. The highest BCUT2D eigenvalue weighted by molar-refractivity contribution is 6.06. The molecule has 1 aliphatic carbocycles. The third-order valence-corrected chi connectivity index (χ3v) is 6.71. The van der Waals surface area contributed by atoms with Gasteiger partial charge in [0.25, 0.3) is 11.5 Å². The van der Waals surface area contributed by atoms with Crippen molar-refractivity contribution in [1.29, 1.82) is 0 Å². The summed E-state index contributed by atoms with van der Waals surface area (Å²) in [6.45, 7) is 2.98. The summed E-state index contributed by atoms with van der Waals surface area (Å²) >= 11 is 0. The van der Waals surface area contributed by atoms with E-state index in [0.29, 0.717) is 18.7 Å². The molecule has 7 nitrogen and oxygen atoms in total. The minimum Gasteiger partial charge on any atom is -0.361 e. The highest BCUT2D eigenvalue weighted by atomic mass is 16.1. The van der Waals surface area contributed by atoms with Crippen LogP contribution in [-0.4, -0.2) is 51.2 Å². The van der Waals surface area contributed by atoms with Crippen LogP contribution >= 0.6 is 0 Å². The minimum absolute atomic E-state index is 0.00195. The molecule has 1 aromatic carbocycles. The second kappa shape index (κ2) is 8.67. The third kappa shape index (κ3) is 4.14. The number of aromatic amines is 1. The van der Waals surface area contributed by atoms with Gasteiger partial charge in [0.2, 0.25) is 0 Å². The molecule has 3 heterocycles. The number of fused-ring (bicyclic) bond motifs is 2. The Labute approximate surface area is 181 Å². The number of aromatic nitrogens is 3. The Kier molecular flexibility index (Phi) is 5.59. The van der Waals surface area contributed by atoms with E-state index in [0.717, 1.165) is 67.4 Å². The molecule has 3 aromatic rings. The van der Waals surface area contributed by atoms with E-state index in [2.05, 4.69) is 20.3 Å². The number of likely N-dealkylation sites (tertiary alicyclic amines) is 1. The van der Waals surface area contributed by atoms with E-state index in [-0.39, 0.29) is 17.5 Å². The van der Waals surface area contributed by atoms with Gasteiger partial charge in [0.1, 0.15) is 0 Å². The van der Waals surface area contributed by atoms with Crippen molar-refractivity contribution in [2.24, 2.45) is 0 Å². The van der Waals surface area contributed by atoms with Crippen LogP contribution in [0, 0.1) is 0 Å². The van der Waals surface area contributed by atoms with E-state index in [1.165, 1.54) is 6.42 Å². The van der Waals surface area contributed by atoms with Crippen molar-refractivity contribution < 1.29 is 4.79 Å². The summed E-state index contributed by atoms with van der Waals surface area (Å²) in [5.74, 6) is -0.0350. The molecule has 1 aliphatic heterocycles. The fraction of sp³-hybridized carbons (Fsp3) is 0.458. The quantitative estimate of drug-likeness (QED) is 0.643. The van der Waals surface area contributed by atoms with Gasteiger partial charge in [0, 0.05) is 47.9 Å². The zero-order chi connectivity index (χ0) is 21.2. The first-order chi connectivity index (χ1) is 15.2. The van der Waals surface area contributed by atoms with E-state index in [1.54, 1.807) is 10.7 Å². The Bertz CT molecular complexity index is 1150. The number of carbonyl (C=O) groups excluding carboxylic acids is 1. The smallest absolute Gasteiger partial charge is 0.267 e. The fourth-order valence-corrected chi connectivity index (χ4v) is 5.00. The van der Waals surface area contributed by atoms with Gasteiger partial charge in [0.15, 0.2) is 0 Å². The largest absolute Gasteiger partial charge is 0.361 e. The van der Waals surface area contributed by atoms with Gasteiger partial charge in [-0.15, -0.1) is 0 Å². The Morgan fingerprint density at radius 2 is 2.10 bits per heavy atom. The van der Waals surface area contributed by atoms with Gasteiger partial charge in [-0.3, -0.25) is 14.5 Å². The first-order valence-electron chi connectivity index (χ1n) is 11.4. The zero-order valence-electron chi connectivity index (χ0n) is 17.8. The van der Waals surface area contributed by atoms with Gasteiger partial charge in [-0.2, -0.15) is 5.10 Å². The molecule has 1 fully saturated rings. The van der Waals surface area contributed by atoms with Crippen LogP contribution < -0.4 is 10.9 Å². The lowest BCUT2D eigenvalue weighted by atomic mass is 10.0. The molecule has 2 aromatic heterocycles. The maximum atomic E-state index is 12.8. The first-order valence-corrected chi connectivity index (χ1v) is 11.4. The predicted molar refractivity (Wildman–Crippen MR) is 120 cm³/mol. The van der Waals surface area contributed by atoms with E-state index in [1.807, 2.05) is 30.5 Å². The number of aryl methyl sites for hydroxylation is 2. The number of piperidine rings is 1. The Hall–Kier alpha value is -2.93. The van der Waals surface area contributed by atoms with Gasteiger partial charge in [-0.25, -0.2) is 4.68 Å². The van der Waals surface area contributed by atoms with Crippen molar-refractivity contribution in [3.8, 4) is 0 Å². The molecule has 0 bridgehead atoms. The summed E-state index contributed by atoms with van der Waals surface area (Å²) in [7, 11) is 0. The Morgan fingerprint density at radius 1 is 1.16 bits per heavy atom. The molecular formula is C24H29N5O2. The monoisotopic (exact) mass is 419 g/mol. The maximum Gasteiger partial charge on any atom is 0.267 e. The highest BCUT2D eigenvalue weighted by Gasteiger charge is 2.24. The van der Waals surface area contributed by atoms with E-state index in [9.17, 15) is 9.59 Å². The van der Waals surface area contributed by atoms with Crippen LogP contribution in [0.15, 0.2) is 41.3 Å². The number of rotatable bonds is 6. The standard InChI is InChI=1S/C24H29N5O2/c30-23-15-17-5-3-8-21(17)27-29(23)14-13-28-12-2-1-6-18(28)16-26-24(31)20-7-4-9-22-19(20)10-11-25-22/h4,7,9-11,15,18,25H,1-3,5-6,8,12-14,16H2,(H,26,31). The number of hydrogen-bond acceptors (Lipinski definition) is 4. The Balaban J connectivity index is 1.22. The van der Waals surface area contributed by atoms with Crippen molar-refractivity contribution >= 4 is 16.8 Å². The number of carbonyl (C=O) groups is 1. The zero-order valence-corrected chi connectivity index (χ0v) is 17.8. The van der Waals surface area contributed by atoms with Gasteiger partial charge < -0.3 is 10.3 Å². The number of hydrogen-bond donors (Lipinski definition) is 2. The molecule has 7 heteroatoms. The van der Waals surface area contributed by atoms with Gasteiger partial charge in [-0.1, -0.05) is 12.5 Å². The normalized spacial score (nSPS) is 18.9. The SMILES string of the molecule is O=C(NCC1CCCCN1CCn1nc2c(cc1=O)CCC2)c1cccc2[nH]ccc12. The van der Waals surface area contributed by atoms with Crippen molar-refractivity contribution in [1.82, 2.24) is 25.0 Å². The fourth-order valence-electron chi connectivity index (χ4n) is 5.00. The molecule has 31 heavy (non-hydrogen) atoms. The molecule has 1 saturated heterocycles. The molecule has 0 radical (unpaired) electrons. The molecule has 2 aliphatic rings. The van der Waals surface area contributed by atoms with Crippen LogP contribution in [0.5, 0.6) is 0 Å². The summed E-state index contributed by atoms with van der Waals surface area (Å²) in [5.41, 5.74) is 3.88. The van der Waals surface area contributed by atoms with Crippen LogP contribution in [0.1, 0.15) is 47.3 Å². The maximum absolute atomic E-state index is 12.8. The van der Waals surface area contributed by atoms with Crippen LogP contribution in [0.25, 0.3) is 10.9 Å². The molecular weight excluding hydrogens is 390 g/mol. The number of nitrogens with zero attached hydrogens (tertiary/aromatic N) is 3. The summed E-state index contributed by atoms with van der Waals surface area (Å²) < 4.78 is 1.63. The second-order valence-corrected chi connectivity index (χ2v) is 8.67. The van der Waals surface area contributed by atoms with Crippen LogP contribution in [-0.2, 0) is 19.4 Å².